The zero-order valence-electron chi connectivity index (χ0n) is 7.83. The van der Waals surface area contributed by atoms with Gasteiger partial charge in [0.2, 0.25) is 0 Å². The molecule has 1 N–H and O–H groups in total. The van der Waals surface area contributed by atoms with Crippen molar-refractivity contribution in [3.05, 3.63) is 35.4 Å². The van der Waals surface area contributed by atoms with E-state index in [4.69, 9.17) is 11.6 Å². The van der Waals surface area contributed by atoms with Crippen molar-refractivity contribution in [3.63, 3.8) is 0 Å². The molecule has 1 unspecified atom stereocenters. The molecule has 0 spiro atoms. The SMILES string of the molecule is CC(O)c1ccc(CCCCl)cc1. The van der Waals surface area contributed by atoms with E-state index in [9.17, 15) is 5.11 Å². The molecule has 2 heteroatoms. The van der Waals surface area contributed by atoms with Crippen LogP contribution in [0.15, 0.2) is 24.3 Å². The highest BCUT2D eigenvalue weighted by molar-refractivity contribution is 6.17. The molecule has 0 aliphatic rings. The first-order valence-corrected chi connectivity index (χ1v) is 5.10. The van der Waals surface area contributed by atoms with Gasteiger partial charge in [0.1, 0.15) is 0 Å². The van der Waals surface area contributed by atoms with Gasteiger partial charge in [-0.3, -0.25) is 0 Å². The van der Waals surface area contributed by atoms with E-state index in [1.807, 2.05) is 12.1 Å². The standard InChI is InChI=1S/C11H15ClO/c1-9(13)11-6-4-10(5-7-11)3-2-8-12/h4-7,9,13H,2-3,8H2,1H3. The van der Waals surface area contributed by atoms with Crippen molar-refractivity contribution in [2.24, 2.45) is 0 Å². The topological polar surface area (TPSA) is 20.2 Å². The summed E-state index contributed by atoms with van der Waals surface area (Å²) in [5.41, 5.74) is 2.25. The Morgan fingerprint density at radius 2 is 1.92 bits per heavy atom. The van der Waals surface area contributed by atoms with E-state index in [1.165, 1.54) is 5.56 Å². The van der Waals surface area contributed by atoms with E-state index in [1.54, 1.807) is 6.92 Å². The van der Waals surface area contributed by atoms with Crippen LogP contribution >= 0.6 is 11.6 Å². The number of rotatable bonds is 4. The highest BCUT2D eigenvalue weighted by atomic mass is 35.5. The third-order valence-corrected chi connectivity index (χ3v) is 2.33. The molecule has 0 saturated carbocycles. The maximum atomic E-state index is 9.27. The van der Waals surface area contributed by atoms with Gasteiger partial charge in [-0.05, 0) is 30.9 Å². The molecule has 0 fully saturated rings. The van der Waals surface area contributed by atoms with E-state index in [2.05, 4.69) is 12.1 Å². The fraction of sp³-hybridized carbons (Fsp3) is 0.455. The Hall–Kier alpha value is -0.530. The van der Waals surface area contributed by atoms with Crippen molar-refractivity contribution in [1.29, 1.82) is 0 Å². The molecule has 1 rings (SSSR count). The molecule has 0 bridgehead atoms. The molecule has 0 amide bonds. The van der Waals surface area contributed by atoms with Gasteiger partial charge in [0.25, 0.3) is 0 Å². The van der Waals surface area contributed by atoms with Crippen molar-refractivity contribution in [2.75, 3.05) is 5.88 Å². The first-order chi connectivity index (χ1) is 6.24. The van der Waals surface area contributed by atoms with Crippen molar-refractivity contribution < 1.29 is 5.11 Å². The van der Waals surface area contributed by atoms with Crippen LogP contribution < -0.4 is 0 Å². The number of aryl methyl sites for hydroxylation is 1. The van der Waals surface area contributed by atoms with Crippen LogP contribution in [0, 0.1) is 0 Å². The minimum absolute atomic E-state index is 0.373. The van der Waals surface area contributed by atoms with E-state index < -0.39 is 0 Å². The Labute approximate surface area is 84.4 Å². The van der Waals surface area contributed by atoms with Gasteiger partial charge in [0, 0.05) is 5.88 Å². The Morgan fingerprint density at radius 1 is 1.31 bits per heavy atom. The molecule has 0 aromatic heterocycles. The number of aliphatic hydroxyl groups is 1. The fourth-order valence-electron chi connectivity index (χ4n) is 1.23. The molecule has 0 saturated heterocycles. The second-order valence-corrected chi connectivity index (χ2v) is 3.59. The molecule has 1 nitrogen and oxygen atoms in total. The molecule has 72 valence electrons. The predicted molar refractivity (Wildman–Crippen MR) is 56.1 cm³/mol. The smallest absolute Gasteiger partial charge is 0.0761 e. The first kappa shape index (κ1) is 10.6. The van der Waals surface area contributed by atoms with Crippen LogP contribution in [0.4, 0.5) is 0 Å². The summed E-state index contributed by atoms with van der Waals surface area (Å²) in [4.78, 5) is 0. The summed E-state index contributed by atoms with van der Waals surface area (Å²) in [6, 6.07) is 8.03. The molecule has 0 radical (unpaired) electrons. The van der Waals surface area contributed by atoms with Crippen LogP contribution in [0.25, 0.3) is 0 Å². The number of benzene rings is 1. The van der Waals surface area contributed by atoms with Gasteiger partial charge in [-0.1, -0.05) is 24.3 Å². The summed E-state index contributed by atoms with van der Waals surface area (Å²) in [5.74, 6) is 0.707. The lowest BCUT2D eigenvalue weighted by atomic mass is 10.1. The number of hydrogen-bond acceptors (Lipinski definition) is 1. The lowest BCUT2D eigenvalue weighted by Gasteiger charge is -2.05. The Balaban J connectivity index is 2.59. The van der Waals surface area contributed by atoms with E-state index in [0.29, 0.717) is 5.88 Å². The third-order valence-electron chi connectivity index (χ3n) is 2.06. The maximum absolute atomic E-state index is 9.27. The second-order valence-electron chi connectivity index (χ2n) is 3.21. The summed E-state index contributed by atoms with van der Waals surface area (Å²) in [6.07, 6.45) is 1.65. The molecule has 1 aromatic carbocycles. The number of hydrogen-bond donors (Lipinski definition) is 1. The Kier molecular flexibility index (Phi) is 4.26. The van der Waals surface area contributed by atoms with Crippen molar-refractivity contribution in [2.45, 2.75) is 25.9 Å². The van der Waals surface area contributed by atoms with Crippen LogP contribution in [0.2, 0.25) is 0 Å². The molecule has 0 aliphatic carbocycles. The molecular formula is C11H15ClO. The van der Waals surface area contributed by atoms with Crippen LogP contribution in [-0.2, 0) is 6.42 Å². The van der Waals surface area contributed by atoms with Gasteiger partial charge >= 0.3 is 0 Å². The number of alkyl halides is 1. The molecular weight excluding hydrogens is 184 g/mol. The Morgan fingerprint density at radius 3 is 2.38 bits per heavy atom. The van der Waals surface area contributed by atoms with Crippen LogP contribution in [-0.4, -0.2) is 11.0 Å². The minimum Gasteiger partial charge on any atom is -0.389 e. The Bertz CT molecular complexity index is 241. The third kappa shape index (κ3) is 3.37. The molecule has 1 aromatic rings. The highest BCUT2D eigenvalue weighted by Crippen LogP contribution is 2.13. The summed E-state index contributed by atoms with van der Waals surface area (Å²) in [5, 5.41) is 9.27. The van der Waals surface area contributed by atoms with Crippen LogP contribution in [0.3, 0.4) is 0 Å². The molecule has 0 heterocycles. The lowest BCUT2D eigenvalue weighted by Crippen LogP contribution is -1.92. The van der Waals surface area contributed by atoms with Crippen molar-refractivity contribution >= 4 is 11.6 Å². The van der Waals surface area contributed by atoms with Gasteiger partial charge in [0.15, 0.2) is 0 Å². The van der Waals surface area contributed by atoms with Gasteiger partial charge < -0.3 is 5.11 Å². The molecule has 1 atom stereocenters. The predicted octanol–water partition coefficient (Wildman–Crippen LogP) is 2.91. The molecule has 13 heavy (non-hydrogen) atoms. The average molecular weight is 199 g/mol. The van der Waals surface area contributed by atoms with Gasteiger partial charge in [-0.15, -0.1) is 11.6 Å². The zero-order valence-corrected chi connectivity index (χ0v) is 8.59. The largest absolute Gasteiger partial charge is 0.389 e. The summed E-state index contributed by atoms with van der Waals surface area (Å²) >= 11 is 5.59. The first-order valence-electron chi connectivity index (χ1n) is 4.57. The summed E-state index contributed by atoms with van der Waals surface area (Å²) in [6.45, 7) is 1.77. The van der Waals surface area contributed by atoms with Crippen molar-refractivity contribution in [1.82, 2.24) is 0 Å². The summed E-state index contributed by atoms with van der Waals surface area (Å²) in [7, 11) is 0. The quantitative estimate of drug-likeness (QED) is 0.738. The highest BCUT2D eigenvalue weighted by Gasteiger charge is 1.99. The van der Waals surface area contributed by atoms with E-state index in [-0.39, 0.29) is 6.10 Å². The van der Waals surface area contributed by atoms with Gasteiger partial charge in [-0.25, -0.2) is 0 Å². The fourth-order valence-corrected chi connectivity index (χ4v) is 1.37. The average Bonchev–Trinajstić information content (AvgIpc) is 2.15. The lowest BCUT2D eigenvalue weighted by molar-refractivity contribution is 0.199. The van der Waals surface area contributed by atoms with E-state index >= 15 is 0 Å². The zero-order chi connectivity index (χ0) is 9.68. The summed E-state index contributed by atoms with van der Waals surface area (Å²) < 4.78 is 0. The normalized spacial score (nSPS) is 12.8. The monoisotopic (exact) mass is 198 g/mol. The van der Waals surface area contributed by atoms with Crippen LogP contribution in [0.5, 0.6) is 0 Å². The van der Waals surface area contributed by atoms with Crippen molar-refractivity contribution in [3.8, 4) is 0 Å². The maximum Gasteiger partial charge on any atom is 0.0761 e. The van der Waals surface area contributed by atoms with E-state index in [0.717, 1.165) is 18.4 Å². The van der Waals surface area contributed by atoms with Gasteiger partial charge in [0.05, 0.1) is 6.10 Å². The number of aliphatic hydroxyl groups excluding tert-OH is 1. The number of halogens is 1. The minimum atomic E-state index is -0.373. The second kappa shape index (κ2) is 5.25. The van der Waals surface area contributed by atoms with Gasteiger partial charge in [-0.2, -0.15) is 0 Å². The molecule has 0 aliphatic heterocycles. The van der Waals surface area contributed by atoms with Crippen LogP contribution in [0.1, 0.15) is 30.6 Å².